The lowest BCUT2D eigenvalue weighted by atomic mass is 9.93. The molecule has 1 aromatic heterocycles. The second-order valence-electron chi connectivity index (χ2n) is 4.37. The average Bonchev–Trinajstić information content (AvgIpc) is 2.79. The molecule has 0 saturated carbocycles. The lowest BCUT2D eigenvalue weighted by Crippen LogP contribution is -2.26. The zero-order valence-electron chi connectivity index (χ0n) is 9.65. The number of nitrogens with zero attached hydrogens (tertiary/aromatic N) is 2. The molecular weight excluding hydrogens is 198 g/mol. The van der Waals surface area contributed by atoms with Gasteiger partial charge < -0.3 is 5.32 Å². The minimum absolute atomic E-state index is 0.697. The molecule has 2 rings (SSSR count). The predicted molar refractivity (Wildman–Crippen MR) is 65.1 cm³/mol. The highest BCUT2D eigenvalue weighted by Gasteiger charge is 2.16. The minimum Gasteiger partial charge on any atom is -0.317 e. The van der Waals surface area contributed by atoms with Gasteiger partial charge in [-0.15, -0.1) is 12.3 Å². The van der Waals surface area contributed by atoms with Crippen LogP contribution in [0.4, 0.5) is 0 Å². The summed E-state index contributed by atoms with van der Waals surface area (Å²) in [4.78, 5) is 0. The Labute approximate surface area is 97.2 Å². The Morgan fingerprint density at radius 3 is 3.06 bits per heavy atom. The highest BCUT2D eigenvalue weighted by atomic mass is 15.3. The van der Waals surface area contributed by atoms with E-state index in [4.69, 9.17) is 6.42 Å². The number of unbranched alkanes of at least 4 members (excludes halogenated alkanes) is 1. The van der Waals surface area contributed by atoms with Gasteiger partial charge in [-0.05, 0) is 43.8 Å². The Morgan fingerprint density at radius 1 is 1.50 bits per heavy atom. The number of rotatable bonds is 4. The molecule has 0 aromatic carbocycles. The van der Waals surface area contributed by atoms with Crippen LogP contribution in [-0.2, 0) is 6.54 Å². The van der Waals surface area contributed by atoms with Crippen molar-refractivity contribution in [2.75, 3.05) is 13.1 Å². The molecule has 2 heterocycles. The summed E-state index contributed by atoms with van der Waals surface area (Å²) in [5, 5.41) is 7.77. The molecule has 1 aromatic rings. The molecule has 0 radical (unpaired) electrons. The zero-order valence-corrected chi connectivity index (χ0v) is 9.65. The van der Waals surface area contributed by atoms with Crippen LogP contribution in [0.25, 0.3) is 0 Å². The molecule has 3 heteroatoms. The maximum Gasteiger partial charge on any atom is 0.0524 e. The largest absolute Gasteiger partial charge is 0.317 e. The van der Waals surface area contributed by atoms with Crippen molar-refractivity contribution >= 4 is 0 Å². The van der Waals surface area contributed by atoms with E-state index < -0.39 is 0 Å². The smallest absolute Gasteiger partial charge is 0.0524 e. The minimum atomic E-state index is 0.697. The highest BCUT2D eigenvalue weighted by molar-refractivity contribution is 5.12. The molecule has 1 aliphatic rings. The van der Waals surface area contributed by atoms with E-state index in [1.54, 1.807) is 0 Å². The first kappa shape index (κ1) is 11.2. The van der Waals surface area contributed by atoms with E-state index >= 15 is 0 Å². The maximum atomic E-state index is 5.23. The van der Waals surface area contributed by atoms with Crippen LogP contribution in [-0.4, -0.2) is 22.9 Å². The Bertz CT molecular complexity index is 355. The zero-order chi connectivity index (χ0) is 11.2. The molecule has 0 unspecified atom stereocenters. The van der Waals surface area contributed by atoms with Gasteiger partial charge in [0, 0.05) is 19.2 Å². The van der Waals surface area contributed by atoms with Crippen molar-refractivity contribution in [2.24, 2.45) is 0 Å². The molecule has 3 nitrogen and oxygen atoms in total. The normalized spacial score (nSPS) is 17.2. The molecule has 0 aliphatic carbocycles. The standard InChI is InChI=1S/C13H19N3/c1-2-3-4-9-16-11-13(10-15-16)12-5-7-14-8-6-12/h1,10-12,14H,3-9H2. The second kappa shape index (κ2) is 5.72. The van der Waals surface area contributed by atoms with E-state index in [-0.39, 0.29) is 0 Å². The van der Waals surface area contributed by atoms with Crippen molar-refractivity contribution in [3.05, 3.63) is 18.0 Å². The Hall–Kier alpha value is -1.27. The van der Waals surface area contributed by atoms with Gasteiger partial charge in [0.25, 0.3) is 0 Å². The van der Waals surface area contributed by atoms with E-state index in [0.29, 0.717) is 5.92 Å². The van der Waals surface area contributed by atoms with Gasteiger partial charge in [0.2, 0.25) is 0 Å². The van der Waals surface area contributed by atoms with E-state index in [2.05, 4.69) is 22.5 Å². The summed E-state index contributed by atoms with van der Waals surface area (Å²) in [5.41, 5.74) is 1.39. The van der Waals surface area contributed by atoms with Gasteiger partial charge in [-0.25, -0.2) is 0 Å². The molecule has 0 amide bonds. The molecule has 1 saturated heterocycles. The van der Waals surface area contributed by atoms with Crippen molar-refractivity contribution in [2.45, 2.75) is 38.1 Å². The summed E-state index contributed by atoms with van der Waals surface area (Å²) in [5.74, 6) is 3.36. The van der Waals surface area contributed by atoms with Crippen LogP contribution in [0.1, 0.15) is 37.2 Å². The molecular formula is C13H19N3. The summed E-state index contributed by atoms with van der Waals surface area (Å²) in [6.45, 7) is 3.20. The van der Waals surface area contributed by atoms with Gasteiger partial charge in [-0.1, -0.05) is 0 Å². The summed E-state index contributed by atoms with van der Waals surface area (Å²) >= 11 is 0. The summed E-state index contributed by atoms with van der Waals surface area (Å²) in [6, 6.07) is 0. The Balaban J connectivity index is 1.88. The van der Waals surface area contributed by atoms with E-state index in [1.165, 1.54) is 18.4 Å². The second-order valence-corrected chi connectivity index (χ2v) is 4.37. The van der Waals surface area contributed by atoms with E-state index in [0.717, 1.165) is 32.5 Å². The summed E-state index contributed by atoms with van der Waals surface area (Å²) < 4.78 is 2.02. The molecule has 0 spiro atoms. The van der Waals surface area contributed by atoms with Gasteiger partial charge in [-0.2, -0.15) is 5.10 Å². The van der Waals surface area contributed by atoms with Crippen molar-refractivity contribution < 1.29 is 0 Å². The molecule has 16 heavy (non-hydrogen) atoms. The lowest BCUT2D eigenvalue weighted by Gasteiger charge is -2.21. The first-order valence-corrected chi connectivity index (χ1v) is 6.06. The van der Waals surface area contributed by atoms with Crippen LogP contribution in [0.5, 0.6) is 0 Å². The molecule has 0 bridgehead atoms. The van der Waals surface area contributed by atoms with Gasteiger partial charge in [-0.3, -0.25) is 4.68 Å². The SMILES string of the molecule is C#CCCCn1cc(C2CCNCC2)cn1. The first-order chi connectivity index (χ1) is 7.90. The van der Waals surface area contributed by atoms with Crippen LogP contribution in [0.2, 0.25) is 0 Å². The molecule has 1 fully saturated rings. The van der Waals surface area contributed by atoms with Gasteiger partial charge in [0.1, 0.15) is 0 Å². The third-order valence-electron chi connectivity index (χ3n) is 3.17. The number of piperidine rings is 1. The van der Waals surface area contributed by atoms with Crippen LogP contribution in [0.3, 0.4) is 0 Å². The van der Waals surface area contributed by atoms with Gasteiger partial charge in [0.05, 0.1) is 6.20 Å². The van der Waals surface area contributed by atoms with Crippen LogP contribution >= 0.6 is 0 Å². The van der Waals surface area contributed by atoms with E-state index in [1.807, 2.05) is 10.9 Å². The van der Waals surface area contributed by atoms with Crippen molar-refractivity contribution in [1.82, 2.24) is 15.1 Å². The quantitative estimate of drug-likeness (QED) is 0.615. The monoisotopic (exact) mass is 217 g/mol. The number of aromatic nitrogens is 2. The maximum absolute atomic E-state index is 5.23. The fraction of sp³-hybridized carbons (Fsp3) is 0.615. The molecule has 1 aliphatic heterocycles. The fourth-order valence-electron chi connectivity index (χ4n) is 2.21. The van der Waals surface area contributed by atoms with Crippen molar-refractivity contribution in [3.8, 4) is 12.3 Å². The molecule has 0 atom stereocenters. The average molecular weight is 217 g/mol. The Morgan fingerprint density at radius 2 is 2.31 bits per heavy atom. The topological polar surface area (TPSA) is 29.9 Å². The Kier molecular flexibility index (Phi) is 4.01. The third-order valence-corrected chi connectivity index (χ3v) is 3.17. The van der Waals surface area contributed by atoms with Crippen molar-refractivity contribution in [1.29, 1.82) is 0 Å². The van der Waals surface area contributed by atoms with Crippen LogP contribution in [0, 0.1) is 12.3 Å². The number of hydrogen-bond acceptors (Lipinski definition) is 2. The van der Waals surface area contributed by atoms with E-state index in [9.17, 15) is 0 Å². The number of aryl methyl sites for hydroxylation is 1. The number of hydrogen-bond donors (Lipinski definition) is 1. The molecule has 1 N–H and O–H groups in total. The van der Waals surface area contributed by atoms with Crippen LogP contribution < -0.4 is 5.32 Å². The first-order valence-electron chi connectivity index (χ1n) is 6.06. The lowest BCUT2D eigenvalue weighted by molar-refractivity contribution is 0.460. The van der Waals surface area contributed by atoms with Crippen molar-refractivity contribution in [3.63, 3.8) is 0 Å². The third kappa shape index (κ3) is 2.86. The highest BCUT2D eigenvalue weighted by Crippen LogP contribution is 2.24. The molecule has 86 valence electrons. The van der Waals surface area contributed by atoms with Crippen LogP contribution in [0.15, 0.2) is 12.4 Å². The summed E-state index contributed by atoms with van der Waals surface area (Å²) in [7, 11) is 0. The number of terminal acetylenes is 1. The fourth-order valence-corrected chi connectivity index (χ4v) is 2.21. The summed E-state index contributed by atoms with van der Waals surface area (Å²) in [6.07, 6.45) is 13.8. The number of nitrogens with one attached hydrogen (secondary N) is 1. The predicted octanol–water partition coefficient (Wildman–Crippen LogP) is 1.76. The van der Waals surface area contributed by atoms with Gasteiger partial charge >= 0.3 is 0 Å². The van der Waals surface area contributed by atoms with Gasteiger partial charge in [0.15, 0.2) is 0 Å².